The maximum Gasteiger partial charge on any atom is 0.224 e. The number of halogens is 2. The lowest BCUT2D eigenvalue weighted by Crippen LogP contribution is -2.13. The van der Waals surface area contributed by atoms with Crippen LogP contribution in [-0.4, -0.2) is 5.91 Å². The number of anilines is 2. The van der Waals surface area contributed by atoms with Gasteiger partial charge in [0.15, 0.2) is 0 Å². The summed E-state index contributed by atoms with van der Waals surface area (Å²) in [7, 11) is 0. The maximum absolute atomic E-state index is 11.9. The third-order valence-electron chi connectivity index (χ3n) is 4.02. The quantitative estimate of drug-likeness (QED) is 0.442. The summed E-state index contributed by atoms with van der Waals surface area (Å²) in [6.45, 7) is 4.55. The second-order valence-electron chi connectivity index (χ2n) is 7.00. The molecule has 146 valence electrons. The van der Waals surface area contributed by atoms with E-state index in [0.717, 1.165) is 22.7 Å². The van der Waals surface area contributed by atoms with Gasteiger partial charge in [0, 0.05) is 33.4 Å². The molecule has 0 fully saturated rings. The minimum Gasteiger partial charge on any atom is -0.459 e. The van der Waals surface area contributed by atoms with Crippen LogP contribution in [0.2, 0.25) is 10.0 Å². The number of amides is 1. The van der Waals surface area contributed by atoms with Crippen molar-refractivity contribution in [2.75, 3.05) is 10.6 Å². The monoisotopic (exact) mass is 416 g/mol. The molecule has 0 aliphatic rings. The van der Waals surface area contributed by atoms with Crippen molar-refractivity contribution in [1.29, 1.82) is 0 Å². The van der Waals surface area contributed by atoms with Gasteiger partial charge in [-0.15, -0.1) is 0 Å². The zero-order chi connectivity index (χ0) is 20.1. The fourth-order valence-corrected chi connectivity index (χ4v) is 3.33. The van der Waals surface area contributed by atoms with Crippen molar-refractivity contribution in [3.63, 3.8) is 0 Å². The molecule has 0 atom stereocenters. The van der Waals surface area contributed by atoms with E-state index in [9.17, 15) is 4.79 Å². The molecule has 3 aromatic rings. The third-order valence-corrected chi connectivity index (χ3v) is 4.45. The molecule has 0 aliphatic carbocycles. The predicted octanol–water partition coefficient (Wildman–Crippen LogP) is 6.85. The Labute approximate surface area is 174 Å². The van der Waals surface area contributed by atoms with E-state index in [1.54, 1.807) is 6.07 Å². The standard InChI is InChI=1S/C22H22Cl2N2O2/c1-14(2)8-22(27)26-19-5-3-4-18(12-19)25-13-20-6-7-21(28-20)15-9-16(23)11-17(24)10-15/h3-7,9-12,14,25H,8,13H2,1-2H3,(H,26,27). The van der Waals surface area contributed by atoms with Crippen molar-refractivity contribution in [1.82, 2.24) is 0 Å². The Morgan fingerprint density at radius 2 is 1.71 bits per heavy atom. The van der Waals surface area contributed by atoms with Crippen LogP contribution >= 0.6 is 23.2 Å². The molecule has 3 rings (SSSR count). The van der Waals surface area contributed by atoms with Crippen LogP contribution < -0.4 is 10.6 Å². The minimum atomic E-state index is 0.0167. The van der Waals surface area contributed by atoms with Gasteiger partial charge in [0.2, 0.25) is 5.91 Å². The van der Waals surface area contributed by atoms with Gasteiger partial charge in [-0.1, -0.05) is 43.1 Å². The van der Waals surface area contributed by atoms with E-state index in [2.05, 4.69) is 10.6 Å². The first-order valence-electron chi connectivity index (χ1n) is 9.08. The Hall–Kier alpha value is -2.43. The Kier molecular flexibility index (Phi) is 6.65. The average molecular weight is 417 g/mol. The zero-order valence-electron chi connectivity index (χ0n) is 15.8. The van der Waals surface area contributed by atoms with E-state index in [1.165, 1.54) is 0 Å². The van der Waals surface area contributed by atoms with Crippen LogP contribution in [-0.2, 0) is 11.3 Å². The number of rotatable bonds is 7. The predicted molar refractivity (Wildman–Crippen MR) is 116 cm³/mol. The smallest absolute Gasteiger partial charge is 0.224 e. The van der Waals surface area contributed by atoms with E-state index < -0.39 is 0 Å². The van der Waals surface area contributed by atoms with E-state index in [1.807, 2.05) is 62.4 Å². The lowest BCUT2D eigenvalue weighted by molar-refractivity contribution is -0.116. The van der Waals surface area contributed by atoms with E-state index >= 15 is 0 Å². The van der Waals surface area contributed by atoms with Crippen molar-refractivity contribution in [3.05, 3.63) is 70.4 Å². The van der Waals surface area contributed by atoms with Crippen molar-refractivity contribution in [2.45, 2.75) is 26.8 Å². The normalized spacial score (nSPS) is 10.9. The zero-order valence-corrected chi connectivity index (χ0v) is 17.3. The lowest BCUT2D eigenvalue weighted by atomic mass is 10.1. The molecule has 2 aromatic carbocycles. The summed E-state index contributed by atoms with van der Waals surface area (Å²) < 4.78 is 5.89. The minimum absolute atomic E-state index is 0.0167. The highest BCUT2D eigenvalue weighted by molar-refractivity contribution is 6.35. The number of benzene rings is 2. The van der Waals surface area contributed by atoms with E-state index in [-0.39, 0.29) is 5.91 Å². The molecule has 1 amide bonds. The molecule has 0 bridgehead atoms. The van der Waals surface area contributed by atoms with Gasteiger partial charge in [-0.2, -0.15) is 0 Å². The number of furan rings is 1. The maximum atomic E-state index is 11.9. The van der Waals surface area contributed by atoms with Gasteiger partial charge in [0.1, 0.15) is 11.5 Å². The Balaban J connectivity index is 1.62. The van der Waals surface area contributed by atoms with Crippen LogP contribution in [0.1, 0.15) is 26.0 Å². The number of nitrogens with one attached hydrogen (secondary N) is 2. The molecule has 1 heterocycles. The molecule has 4 nitrogen and oxygen atoms in total. The van der Waals surface area contributed by atoms with Gasteiger partial charge in [0.25, 0.3) is 0 Å². The fourth-order valence-electron chi connectivity index (χ4n) is 2.80. The summed E-state index contributed by atoms with van der Waals surface area (Å²) in [4.78, 5) is 11.9. The molecule has 0 saturated carbocycles. The number of hydrogen-bond acceptors (Lipinski definition) is 3. The number of hydrogen-bond donors (Lipinski definition) is 2. The summed E-state index contributed by atoms with van der Waals surface area (Å²) in [5, 5.41) is 7.36. The van der Waals surface area contributed by atoms with E-state index in [4.69, 9.17) is 27.6 Å². The number of carbonyl (C=O) groups is 1. The van der Waals surface area contributed by atoms with Gasteiger partial charge < -0.3 is 15.1 Å². The highest BCUT2D eigenvalue weighted by Crippen LogP contribution is 2.29. The molecule has 0 saturated heterocycles. The van der Waals surface area contributed by atoms with Gasteiger partial charge in [-0.3, -0.25) is 4.79 Å². The van der Waals surface area contributed by atoms with Crippen LogP contribution in [0.5, 0.6) is 0 Å². The molecule has 0 radical (unpaired) electrons. The average Bonchev–Trinajstić information content (AvgIpc) is 3.08. The topological polar surface area (TPSA) is 54.3 Å². The van der Waals surface area contributed by atoms with Crippen molar-refractivity contribution in [2.24, 2.45) is 5.92 Å². The summed E-state index contributed by atoms with van der Waals surface area (Å²) in [5.41, 5.74) is 2.49. The van der Waals surface area contributed by atoms with Crippen molar-refractivity contribution >= 4 is 40.5 Å². The van der Waals surface area contributed by atoms with E-state index in [0.29, 0.717) is 34.7 Å². The first-order chi connectivity index (χ1) is 13.4. The third kappa shape index (κ3) is 5.78. The van der Waals surface area contributed by atoms with Gasteiger partial charge in [-0.25, -0.2) is 0 Å². The number of carbonyl (C=O) groups excluding carboxylic acids is 1. The molecule has 1 aromatic heterocycles. The van der Waals surface area contributed by atoms with Crippen molar-refractivity contribution in [3.8, 4) is 11.3 Å². The first-order valence-corrected chi connectivity index (χ1v) is 9.83. The Morgan fingerprint density at radius 3 is 2.43 bits per heavy atom. The molecular weight excluding hydrogens is 395 g/mol. The van der Waals surface area contributed by atoms with Gasteiger partial charge in [-0.05, 0) is 54.4 Å². The van der Waals surface area contributed by atoms with Crippen LogP contribution in [0.4, 0.5) is 11.4 Å². The SMILES string of the molecule is CC(C)CC(=O)Nc1cccc(NCc2ccc(-c3cc(Cl)cc(Cl)c3)o2)c1. The molecule has 0 unspecified atom stereocenters. The second kappa shape index (κ2) is 9.18. The van der Waals surface area contributed by atoms with Crippen LogP contribution in [0.3, 0.4) is 0 Å². The van der Waals surface area contributed by atoms with Crippen molar-refractivity contribution < 1.29 is 9.21 Å². The molecule has 6 heteroatoms. The van der Waals surface area contributed by atoms with Gasteiger partial charge >= 0.3 is 0 Å². The first kappa shape index (κ1) is 20.3. The molecule has 0 spiro atoms. The van der Waals surface area contributed by atoms with Crippen LogP contribution in [0.25, 0.3) is 11.3 Å². The van der Waals surface area contributed by atoms with Crippen LogP contribution in [0.15, 0.2) is 59.0 Å². The summed E-state index contributed by atoms with van der Waals surface area (Å²) in [6, 6.07) is 16.7. The highest BCUT2D eigenvalue weighted by Gasteiger charge is 2.08. The Morgan fingerprint density at radius 1 is 1.00 bits per heavy atom. The largest absolute Gasteiger partial charge is 0.459 e. The van der Waals surface area contributed by atoms with Crippen LogP contribution in [0, 0.1) is 5.92 Å². The fraction of sp³-hybridized carbons (Fsp3) is 0.227. The lowest BCUT2D eigenvalue weighted by Gasteiger charge is -2.10. The highest BCUT2D eigenvalue weighted by atomic mass is 35.5. The molecule has 2 N–H and O–H groups in total. The summed E-state index contributed by atoms with van der Waals surface area (Å²) in [6.07, 6.45) is 0.500. The second-order valence-corrected chi connectivity index (χ2v) is 7.88. The summed E-state index contributed by atoms with van der Waals surface area (Å²) >= 11 is 12.1. The molecule has 0 aliphatic heterocycles. The molecular formula is C22H22Cl2N2O2. The summed E-state index contributed by atoms with van der Waals surface area (Å²) in [5.74, 6) is 1.82. The van der Waals surface area contributed by atoms with Gasteiger partial charge in [0.05, 0.1) is 6.54 Å². The molecule has 28 heavy (non-hydrogen) atoms. The Bertz CT molecular complexity index is 946.